The average Bonchev–Trinajstić information content (AvgIpc) is 3.60. The van der Waals surface area contributed by atoms with Gasteiger partial charge < -0.3 is 48.4 Å². The molecule has 11 heteroatoms. The second kappa shape index (κ2) is 10.5. The molecule has 3 aliphatic rings. The molecule has 1 aromatic heterocycles. The Hall–Kier alpha value is -2.58. The minimum atomic E-state index is -0.663. The molecule has 3 aromatic rings. The first-order chi connectivity index (χ1) is 17.9. The summed E-state index contributed by atoms with van der Waals surface area (Å²) in [5, 5.41) is 20.4. The molecule has 0 saturated carbocycles. The van der Waals surface area contributed by atoms with Crippen LogP contribution in [0.1, 0.15) is 40.4 Å². The lowest BCUT2D eigenvalue weighted by molar-refractivity contribution is -0.677. The van der Waals surface area contributed by atoms with Gasteiger partial charge in [0, 0.05) is 6.07 Å². The van der Waals surface area contributed by atoms with Crippen molar-refractivity contribution in [3.05, 3.63) is 59.4 Å². The number of rotatable bonds is 7. The quantitative estimate of drug-likeness (QED) is 0.176. The molecule has 0 unspecified atom stereocenters. The third-order valence-corrected chi connectivity index (χ3v) is 7.36. The lowest BCUT2D eigenvalue weighted by Gasteiger charge is -2.17. The molecule has 0 aliphatic carbocycles. The summed E-state index contributed by atoms with van der Waals surface area (Å²) in [5.74, 6) is 0.689. The van der Waals surface area contributed by atoms with Crippen LogP contribution in [-0.2, 0) is 29.1 Å². The Labute approximate surface area is 236 Å². The van der Waals surface area contributed by atoms with Crippen LogP contribution in [0.3, 0.4) is 0 Å². The van der Waals surface area contributed by atoms with Crippen LogP contribution in [0.15, 0.2) is 42.5 Å². The number of aromatic nitrogens is 2. The predicted molar refractivity (Wildman–Crippen MR) is 130 cm³/mol. The fourth-order valence-corrected chi connectivity index (χ4v) is 5.68. The maximum Gasteiger partial charge on any atom is 0.278 e. The molecule has 202 valence electrons. The van der Waals surface area contributed by atoms with Gasteiger partial charge in [0.05, 0.1) is 37.0 Å². The maximum atomic E-state index is 13.1. The third-order valence-electron chi connectivity index (χ3n) is 7.36. The molecular weight excluding hydrogens is 605 g/mol. The molecule has 3 aliphatic heterocycles. The van der Waals surface area contributed by atoms with Gasteiger partial charge in [-0.05, 0) is 38.1 Å². The summed E-state index contributed by atoms with van der Waals surface area (Å²) in [5.41, 5.74) is 2.52. The van der Waals surface area contributed by atoms with E-state index in [1.54, 1.807) is 31.2 Å². The van der Waals surface area contributed by atoms with Crippen LogP contribution in [-0.4, -0.2) is 75.2 Å². The van der Waals surface area contributed by atoms with Gasteiger partial charge in [-0.1, -0.05) is 12.1 Å². The monoisotopic (exact) mass is 635 g/mol. The van der Waals surface area contributed by atoms with Gasteiger partial charge >= 0.3 is 0 Å². The number of nitrogens with zero attached hydrogens (tertiary/aromatic N) is 3. The van der Waals surface area contributed by atoms with E-state index in [4.69, 9.17) is 14.2 Å². The van der Waals surface area contributed by atoms with Crippen LogP contribution in [0.25, 0.3) is 11.0 Å². The van der Waals surface area contributed by atoms with Crippen LogP contribution in [0.2, 0.25) is 0 Å². The van der Waals surface area contributed by atoms with Gasteiger partial charge in [0.1, 0.15) is 37.2 Å². The van der Waals surface area contributed by atoms with Gasteiger partial charge in [-0.15, -0.1) is 0 Å². The number of carbonyl (C=O) groups excluding carboxylic acids is 2. The number of amides is 2. The van der Waals surface area contributed by atoms with Crippen molar-refractivity contribution in [3.8, 4) is 5.75 Å². The Balaban J connectivity index is 0.00000294. The van der Waals surface area contributed by atoms with E-state index in [9.17, 15) is 19.8 Å². The van der Waals surface area contributed by atoms with Crippen LogP contribution in [0.5, 0.6) is 5.75 Å². The number of hydrogen-bond acceptors (Lipinski definition) is 7. The smallest absolute Gasteiger partial charge is 0.278 e. The molecule has 0 bridgehead atoms. The number of aliphatic hydroxyl groups excluding tert-OH is 2. The highest BCUT2D eigenvalue weighted by Gasteiger charge is 2.48. The van der Waals surface area contributed by atoms with Gasteiger partial charge in [-0.3, -0.25) is 14.5 Å². The number of carbonyl (C=O) groups is 2. The van der Waals surface area contributed by atoms with Gasteiger partial charge in [-0.2, -0.15) is 0 Å². The molecule has 0 spiro atoms. The zero-order valence-corrected chi connectivity index (χ0v) is 23.3. The Kier molecular flexibility index (Phi) is 7.48. The summed E-state index contributed by atoms with van der Waals surface area (Å²) < 4.78 is 21.6. The van der Waals surface area contributed by atoms with E-state index < -0.39 is 12.2 Å². The standard InChI is InChI=1S/C27H30N3O7.HI/c1-3-28-19-9-8-16(37-22-14-36-24-21(32)13-35-25(22)24)10-20(19)29(11-15(2)31)23(28)12-30-26(33)17-6-4-5-7-18(17)27(30)34;/h4-10,15,21-22,24-25,31-32H,3,11-14H2,1-2H3;1H/q+1;/p-1/t15-,21-,22-,24+,25+;/m0./s1. The molecule has 38 heavy (non-hydrogen) atoms. The van der Waals surface area contributed by atoms with Crippen molar-refractivity contribution in [2.24, 2.45) is 0 Å². The van der Waals surface area contributed by atoms with Crippen molar-refractivity contribution in [1.82, 2.24) is 9.47 Å². The highest BCUT2D eigenvalue weighted by atomic mass is 127. The number of hydrogen-bond donors (Lipinski definition) is 2. The Morgan fingerprint density at radius 3 is 2.42 bits per heavy atom. The molecule has 10 nitrogen and oxygen atoms in total. The SMILES string of the molecule is CC[n+]1c(CN2C(=O)c3ccccc3C2=O)n(C[C@H](C)O)c2cc(O[C@H]3CO[C@H]4[C@@H]3OC[C@@H]4O)ccc21.[I-]. The minimum absolute atomic E-state index is 0. The molecular formula is C27H30IN3O7. The molecule has 2 saturated heterocycles. The number of fused-ring (bicyclic) bond motifs is 3. The largest absolute Gasteiger partial charge is 1.00 e. The van der Waals surface area contributed by atoms with E-state index >= 15 is 0 Å². The summed E-state index contributed by atoms with van der Waals surface area (Å²) in [6.07, 6.45) is -2.39. The summed E-state index contributed by atoms with van der Waals surface area (Å²) >= 11 is 0. The number of aryl methyl sites for hydroxylation is 1. The number of imide groups is 1. The van der Waals surface area contributed by atoms with Gasteiger partial charge in [0.15, 0.2) is 17.1 Å². The molecule has 5 atom stereocenters. The van der Waals surface area contributed by atoms with Crippen LogP contribution in [0, 0.1) is 0 Å². The lowest BCUT2D eigenvalue weighted by atomic mass is 10.1. The van der Waals surface area contributed by atoms with E-state index in [1.807, 2.05) is 29.7 Å². The van der Waals surface area contributed by atoms with E-state index in [1.165, 1.54) is 4.90 Å². The van der Waals surface area contributed by atoms with Crippen molar-refractivity contribution in [2.75, 3.05) is 13.2 Å². The van der Waals surface area contributed by atoms with Gasteiger partial charge in [-0.25, -0.2) is 9.13 Å². The van der Waals surface area contributed by atoms with Crippen LogP contribution >= 0.6 is 0 Å². The minimum Gasteiger partial charge on any atom is -1.00 e. The average molecular weight is 635 g/mol. The molecule has 2 N–H and O–H groups in total. The summed E-state index contributed by atoms with van der Waals surface area (Å²) in [6, 6.07) is 12.5. The van der Waals surface area contributed by atoms with Gasteiger partial charge in [0.2, 0.25) is 0 Å². The van der Waals surface area contributed by atoms with Crippen LogP contribution < -0.4 is 33.3 Å². The first-order valence-electron chi connectivity index (χ1n) is 12.6. The van der Waals surface area contributed by atoms with Crippen molar-refractivity contribution < 1.29 is 62.6 Å². The van der Waals surface area contributed by atoms with Gasteiger partial charge in [0.25, 0.3) is 17.6 Å². The second-order valence-corrected chi connectivity index (χ2v) is 9.83. The Bertz CT molecular complexity index is 1360. The number of benzene rings is 2. The van der Waals surface area contributed by atoms with Crippen LogP contribution in [0.4, 0.5) is 0 Å². The van der Waals surface area contributed by atoms with Crippen molar-refractivity contribution in [1.29, 1.82) is 0 Å². The number of aliphatic hydroxyl groups is 2. The zero-order valence-electron chi connectivity index (χ0n) is 21.1. The van der Waals surface area contributed by atoms with Crippen molar-refractivity contribution in [2.45, 2.75) is 64.0 Å². The Morgan fingerprint density at radius 2 is 1.76 bits per heavy atom. The number of halogens is 1. The van der Waals surface area contributed by atoms with E-state index in [-0.39, 0.29) is 73.8 Å². The van der Waals surface area contributed by atoms with Crippen molar-refractivity contribution >= 4 is 22.8 Å². The molecule has 2 amide bonds. The normalized spacial score (nSPS) is 25.0. The maximum absolute atomic E-state index is 13.1. The van der Waals surface area contributed by atoms with E-state index in [0.717, 1.165) is 16.9 Å². The third kappa shape index (κ3) is 4.39. The predicted octanol–water partition coefficient (Wildman–Crippen LogP) is -1.96. The second-order valence-electron chi connectivity index (χ2n) is 9.83. The summed E-state index contributed by atoms with van der Waals surface area (Å²) in [6.45, 7) is 5.20. The highest BCUT2D eigenvalue weighted by Crippen LogP contribution is 2.32. The molecule has 4 heterocycles. The number of imidazole rings is 1. The molecule has 2 fully saturated rings. The fourth-order valence-electron chi connectivity index (χ4n) is 5.68. The summed E-state index contributed by atoms with van der Waals surface area (Å²) in [7, 11) is 0. The van der Waals surface area contributed by atoms with Crippen molar-refractivity contribution in [3.63, 3.8) is 0 Å². The fraction of sp³-hybridized carbons (Fsp3) is 0.444. The molecule has 6 rings (SSSR count). The Morgan fingerprint density at radius 1 is 1.08 bits per heavy atom. The zero-order chi connectivity index (χ0) is 25.8. The molecule has 0 radical (unpaired) electrons. The first-order valence-corrected chi connectivity index (χ1v) is 12.6. The highest BCUT2D eigenvalue weighted by molar-refractivity contribution is 6.21. The first kappa shape index (κ1) is 27.0. The van der Waals surface area contributed by atoms with E-state index in [0.29, 0.717) is 30.0 Å². The number of ether oxygens (including phenoxy) is 3. The summed E-state index contributed by atoms with van der Waals surface area (Å²) in [4.78, 5) is 27.5. The van der Waals surface area contributed by atoms with E-state index in [2.05, 4.69) is 4.57 Å². The molecule has 2 aromatic carbocycles. The topological polar surface area (TPSA) is 114 Å². The lowest BCUT2D eigenvalue weighted by Crippen LogP contribution is -3.00.